The lowest BCUT2D eigenvalue weighted by atomic mass is 9.89. The van der Waals surface area contributed by atoms with Gasteiger partial charge in [0.1, 0.15) is 11.9 Å². The molecule has 3 heterocycles. The normalized spacial score (nSPS) is 24.9. The summed E-state index contributed by atoms with van der Waals surface area (Å²) in [4.78, 5) is 9.71. The molecule has 104 valence electrons. The van der Waals surface area contributed by atoms with Crippen molar-refractivity contribution in [1.82, 2.24) is 15.1 Å². The van der Waals surface area contributed by atoms with E-state index >= 15 is 0 Å². The Balaban J connectivity index is 1.71. The highest BCUT2D eigenvalue weighted by Crippen LogP contribution is 2.39. The zero-order valence-corrected chi connectivity index (χ0v) is 13.0. The van der Waals surface area contributed by atoms with Crippen molar-refractivity contribution < 1.29 is 0 Å². The van der Waals surface area contributed by atoms with Crippen molar-refractivity contribution in [2.75, 3.05) is 33.2 Å². The van der Waals surface area contributed by atoms with Gasteiger partial charge in [-0.15, -0.1) is 0 Å². The van der Waals surface area contributed by atoms with Crippen LogP contribution in [0.1, 0.15) is 5.56 Å². The van der Waals surface area contributed by atoms with Gasteiger partial charge < -0.3 is 15.1 Å². The van der Waals surface area contributed by atoms with E-state index in [1.807, 2.05) is 0 Å². The number of nitrogens with zero attached hydrogens (tertiary/aromatic N) is 3. The third kappa shape index (κ3) is 1.88. The Kier molecular flexibility index (Phi) is 2.86. The third-order valence-corrected chi connectivity index (χ3v) is 4.80. The predicted molar refractivity (Wildman–Crippen MR) is 85.2 cm³/mol. The van der Waals surface area contributed by atoms with Crippen molar-refractivity contribution in [3.8, 4) is 0 Å². The van der Waals surface area contributed by atoms with Crippen LogP contribution in [-0.4, -0.2) is 54.9 Å². The number of likely N-dealkylation sites (N-methyl/N-ethyl adjacent to an activating group) is 1. The minimum absolute atomic E-state index is 0.278. The van der Waals surface area contributed by atoms with E-state index in [0.29, 0.717) is 0 Å². The van der Waals surface area contributed by atoms with Crippen molar-refractivity contribution in [2.45, 2.75) is 6.04 Å². The van der Waals surface area contributed by atoms with Crippen LogP contribution in [0.5, 0.6) is 0 Å². The first-order chi connectivity index (χ1) is 9.72. The van der Waals surface area contributed by atoms with E-state index in [1.165, 1.54) is 17.0 Å². The molecule has 1 saturated heterocycles. The Morgan fingerprint density at radius 3 is 2.75 bits per heavy atom. The lowest BCUT2D eigenvalue weighted by Crippen LogP contribution is -2.56. The minimum atomic E-state index is 0.278. The van der Waals surface area contributed by atoms with E-state index in [1.54, 1.807) is 0 Å². The molecular weight excluding hydrogens is 316 g/mol. The lowest BCUT2D eigenvalue weighted by Gasteiger charge is -2.42. The number of hydrogen-bond donors (Lipinski definition) is 1. The summed E-state index contributed by atoms with van der Waals surface area (Å²) in [6.07, 6.45) is 2.11. The zero-order chi connectivity index (χ0) is 13.7. The molecule has 0 saturated carbocycles. The number of hydrogen-bond acceptors (Lipinski definition) is 4. The maximum atomic E-state index is 4.92. The summed E-state index contributed by atoms with van der Waals surface area (Å²) in [5.41, 5.74) is 3.71. The van der Waals surface area contributed by atoms with Gasteiger partial charge >= 0.3 is 0 Å². The first-order valence-corrected chi connectivity index (χ1v) is 7.80. The highest BCUT2D eigenvalue weighted by atomic mass is 79.9. The first kappa shape index (κ1) is 12.4. The van der Waals surface area contributed by atoms with Crippen LogP contribution in [0.2, 0.25) is 0 Å². The minimum Gasteiger partial charge on any atom is -0.377 e. The van der Waals surface area contributed by atoms with Gasteiger partial charge in [-0.1, -0.05) is 15.9 Å². The molecule has 4 rings (SSSR count). The second-order valence-corrected chi connectivity index (χ2v) is 6.54. The fraction of sp³-hybridized carbons (Fsp3) is 0.400. The molecule has 1 N–H and O–H groups in total. The van der Waals surface area contributed by atoms with Crippen LogP contribution < -0.4 is 5.32 Å². The van der Waals surface area contributed by atoms with Gasteiger partial charge in [-0.25, -0.2) is 4.99 Å². The topological polar surface area (TPSA) is 30.9 Å². The van der Waals surface area contributed by atoms with Crippen molar-refractivity contribution in [3.05, 3.63) is 34.4 Å². The fourth-order valence-corrected chi connectivity index (χ4v) is 3.37. The Labute approximate surface area is 127 Å². The number of amidine groups is 1. The Morgan fingerprint density at radius 1 is 1.25 bits per heavy atom. The van der Waals surface area contributed by atoms with E-state index in [0.717, 1.165) is 36.3 Å². The number of aliphatic imine (C=N–C) groups is 1. The SMILES string of the molecule is CN1CCN(C2=Nc3ccc(Br)cc3C3=CNC32)CC1. The van der Waals surface area contributed by atoms with Crippen LogP contribution in [0.25, 0.3) is 5.57 Å². The molecule has 20 heavy (non-hydrogen) atoms. The number of nitrogens with one attached hydrogen (secondary N) is 1. The average molecular weight is 333 g/mol. The van der Waals surface area contributed by atoms with E-state index in [2.05, 4.69) is 62.5 Å². The van der Waals surface area contributed by atoms with E-state index < -0.39 is 0 Å². The van der Waals surface area contributed by atoms with Crippen molar-refractivity contribution >= 4 is 33.0 Å². The summed E-state index contributed by atoms with van der Waals surface area (Å²) in [7, 11) is 2.18. The summed E-state index contributed by atoms with van der Waals surface area (Å²) in [5.74, 6) is 1.19. The van der Waals surface area contributed by atoms with Crippen molar-refractivity contribution in [1.29, 1.82) is 0 Å². The number of benzene rings is 1. The van der Waals surface area contributed by atoms with Crippen molar-refractivity contribution in [2.24, 2.45) is 4.99 Å². The molecule has 0 aliphatic carbocycles. The molecule has 0 spiro atoms. The van der Waals surface area contributed by atoms with Crippen LogP contribution in [-0.2, 0) is 0 Å². The highest BCUT2D eigenvalue weighted by molar-refractivity contribution is 9.10. The Hall–Kier alpha value is -1.33. The third-order valence-electron chi connectivity index (χ3n) is 4.31. The second kappa shape index (κ2) is 4.60. The molecule has 5 heteroatoms. The largest absolute Gasteiger partial charge is 0.377 e. The molecule has 0 bridgehead atoms. The molecule has 0 aromatic heterocycles. The maximum Gasteiger partial charge on any atom is 0.132 e. The molecule has 1 aromatic carbocycles. The van der Waals surface area contributed by atoms with Gasteiger partial charge in [-0.05, 0) is 25.2 Å². The molecule has 3 aliphatic rings. The summed E-state index contributed by atoms with van der Waals surface area (Å²) >= 11 is 3.55. The summed E-state index contributed by atoms with van der Waals surface area (Å²) in [6.45, 7) is 4.34. The average Bonchev–Trinajstić information content (AvgIpc) is 2.39. The van der Waals surface area contributed by atoms with Crippen molar-refractivity contribution in [3.63, 3.8) is 0 Å². The number of fused-ring (bicyclic) bond motifs is 3. The molecule has 1 aromatic rings. The van der Waals surface area contributed by atoms with E-state index in [-0.39, 0.29) is 6.04 Å². The van der Waals surface area contributed by atoms with Gasteiger partial charge in [0.2, 0.25) is 0 Å². The van der Waals surface area contributed by atoms with Gasteiger partial charge in [0, 0.05) is 48.0 Å². The number of rotatable bonds is 0. The van der Waals surface area contributed by atoms with Gasteiger partial charge in [0.25, 0.3) is 0 Å². The molecule has 4 nitrogen and oxygen atoms in total. The quantitative estimate of drug-likeness (QED) is 0.788. The predicted octanol–water partition coefficient (Wildman–Crippen LogP) is 2.05. The van der Waals surface area contributed by atoms with Gasteiger partial charge in [0.15, 0.2) is 0 Å². The number of halogens is 1. The fourth-order valence-electron chi connectivity index (χ4n) is 3.01. The highest BCUT2D eigenvalue weighted by Gasteiger charge is 2.36. The Morgan fingerprint density at radius 2 is 2.05 bits per heavy atom. The van der Waals surface area contributed by atoms with Gasteiger partial charge in [-0.3, -0.25) is 0 Å². The smallest absolute Gasteiger partial charge is 0.132 e. The van der Waals surface area contributed by atoms with Gasteiger partial charge in [0.05, 0.1) is 5.69 Å². The zero-order valence-electron chi connectivity index (χ0n) is 11.4. The standard InChI is InChI=1S/C15H17BrN4/c1-19-4-6-20(7-5-19)15-14-12(9-17-14)11-8-10(16)2-3-13(11)18-15/h2-3,8-9,14,17H,4-7H2,1H3. The summed E-state index contributed by atoms with van der Waals surface area (Å²) < 4.78 is 1.11. The maximum absolute atomic E-state index is 4.92. The Bertz CT molecular complexity index is 614. The summed E-state index contributed by atoms with van der Waals surface area (Å²) in [5, 5.41) is 3.40. The molecule has 1 atom stereocenters. The molecule has 0 radical (unpaired) electrons. The monoisotopic (exact) mass is 332 g/mol. The van der Waals surface area contributed by atoms with E-state index in [4.69, 9.17) is 4.99 Å². The summed E-state index contributed by atoms with van der Waals surface area (Å²) in [6, 6.07) is 6.61. The van der Waals surface area contributed by atoms with Crippen LogP contribution >= 0.6 is 15.9 Å². The van der Waals surface area contributed by atoms with E-state index in [9.17, 15) is 0 Å². The molecule has 1 unspecified atom stereocenters. The lowest BCUT2D eigenvalue weighted by molar-refractivity contribution is 0.212. The molecular formula is C15H17BrN4. The second-order valence-electron chi connectivity index (χ2n) is 5.62. The number of piperazine rings is 1. The van der Waals surface area contributed by atoms with Crippen LogP contribution in [0.15, 0.2) is 33.9 Å². The van der Waals surface area contributed by atoms with Crippen LogP contribution in [0, 0.1) is 0 Å². The molecule has 0 amide bonds. The van der Waals surface area contributed by atoms with Crippen LogP contribution in [0.4, 0.5) is 5.69 Å². The van der Waals surface area contributed by atoms with Crippen LogP contribution in [0.3, 0.4) is 0 Å². The molecule has 1 fully saturated rings. The van der Waals surface area contributed by atoms with Gasteiger partial charge in [-0.2, -0.15) is 0 Å². The molecule has 3 aliphatic heterocycles. The first-order valence-electron chi connectivity index (χ1n) is 7.00.